The lowest BCUT2D eigenvalue weighted by molar-refractivity contribution is -0.123. The van der Waals surface area contributed by atoms with Crippen molar-refractivity contribution >= 4 is 5.91 Å². The fourth-order valence-corrected chi connectivity index (χ4v) is 2.35. The van der Waals surface area contributed by atoms with E-state index in [0.717, 1.165) is 25.6 Å². The van der Waals surface area contributed by atoms with E-state index in [1.807, 2.05) is 13.8 Å². The number of amides is 1. The molecule has 1 aliphatic carbocycles. The third-order valence-electron chi connectivity index (χ3n) is 3.53. The van der Waals surface area contributed by atoms with Gasteiger partial charge in [0.2, 0.25) is 5.91 Å². The first-order valence-corrected chi connectivity index (χ1v) is 7.18. The third-order valence-corrected chi connectivity index (χ3v) is 3.53. The molecule has 0 saturated heterocycles. The van der Waals surface area contributed by atoms with Gasteiger partial charge < -0.3 is 10.6 Å². The zero-order chi connectivity index (χ0) is 12.5. The van der Waals surface area contributed by atoms with Crippen LogP contribution in [0, 0.1) is 11.8 Å². The standard InChI is InChI=1S/C14H28N2O/c1-12(2)14(17)16-10-9-15-11-13-7-5-3-4-6-8-13/h12-13,15H,3-11H2,1-2H3,(H,16,17). The lowest BCUT2D eigenvalue weighted by Gasteiger charge is -2.15. The van der Waals surface area contributed by atoms with Crippen molar-refractivity contribution in [2.75, 3.05) is 19.6 Å². The summed E-state index contributed by atoms with van der Waals surface area (Å²) in [4.78, 5) is 11.3. The van der Waals surface area contributed by atoms with Crippen LogP contribution in [0.15, 0.2) is 0 Å². The van der Waals surface area contributed by atoms with Crippen LogP contribution in [0.1, 0.15) is 52.4 Å². The first-order valence-electron chi connectivity index (χ1n) is 7.18. The van der Waals surface area contributed by atoms with E-state index in [9.17, 15) is 4.79 Å². The smallest absolute Gasteiger partial charge is 0.222 e. The Balaban J connectivity index is 1.98. The molecule has 0 aromatic heterocycles. The first-order chi connectivity index (χ1) is 8.20. The largest absolute Gasteiger partial charge is 0.355 e. The van der Waals surface area contributed by atoms with Crippen LogP contribution in [-0.4, -0.2) is 25.5 Å². The number of hydrogen-bond acceptors (Lipinski definition) is 2. The first kappa shape index (κ1) is 14.5. The lowest BCUT2D eigenvalue weighted by atomic mass is 10.0. The molecule has 0 radical (unpaired) electrons. The third kappa shape index (κ3) is 6.67. The quantitative estimate of drug-likeness (QED) is 0.552. The topological polar surface area (TPSA) is 41.1 Å². The summed E-state index contributed by atoms with van der Waals surface area (Å²) < 4.78 is 0. The van der Waals surface area contributed by atoms with Gasteiger partial charge in [-0.2, -0.15) is 0 Å². The van der Waals surface area contributed by atoms with Crippen LogP contribution in [0.2, 0.25) is 0 Å². The molecule has 0 bridgehead atoms. The average Bonchev–Trinajstić information content (AvgIpc) is 2.56. The van der Waals surface area contributed by atoms with Gasteiger partial charge in [-0.25, -0.2) is 0 Å². The van der Waals surface area contributed by atoms with Crippen molar-refractivity contribution in [3.05, 3.63) is 0 Å². The molecule has 1 rings (SSSR count). The van der Waals surface area contributed by atoms with Gasteiger partial charge in [-0.15, -0.1) is 0 Å². The molecule has 17 heavy (non-hydrogen) atoms. The second kappa shape index (κ2) is 8.51. The Kier molecular flexibility index (Phi) is 7.25. The summed E-state index contributed by atoms with van der Waals surface area (Å²) in [5, 5.41) is 6.39. The van der Waals surface area contributed by atoms with E-state index in [0.29, 0.717) is 0 Å². The number of carbonyl (C=O) groups is 1. The van der Waals surface area contributed by atoms with Gasteiger partial charge in [-0.3, -0.25) is 4.79 Å². The maximum Gasteiger partial charge on any atom is 0.222 e. The molecule has 0 heterocycles. The van der Waals surface area contributed by atoms with Gasteiger partial charge in [0.25, 0.3) is 0 Å². The highest BCUT2D eigenvalue weighted by Gasteiger charge is 2.11. The minimum absolute atomic E-state index is 0.0943. The normalized spacial score (nSPS) is 18.1. The van der Waals surface area contributed by atoms with Crippen LogP contribution < -0.4 is 10.6 Å². The Morgan fingerprint density at radius 1 is 1.12 bits per heavy atom. The number of rotatable bonds is 6. The highest BCUT2D eigenvalue weighted by molar-refractivity contribution is 5.77. The van der Waals surface area contributed by atoms with E-state index in [1.165, 1.54) is 38.5 Å². The van der Waals surface area contributed by atoms with E-state index >= 15 is 0 Å². The molecule has 1 aliphatic rings. The van der Waals surface area contributed by atoms with Crippen molar-refractivity contribution in [3.8, 4) is 0 Å². The van der Waals surface area contributed by atoms with Gasteiger partial charge in [0, 0.05) is 19.0 Å². The molecule has 0 unspecified atom stereocenters. The number of carbonyl (C=O) groups excluding carboxylic acids is 1. The molecule has 0 spiro atoms. The molecular formula is C14H28N2O. The fourth-order valence-electron chi connectivity index (χ4n) is 2.35. The van der Waals surface area contributed by atoms with E-state index in [1.54, 1.807) is 0 Å². The molecular weight excluding hydrogens is 212 g/mol. The second-order valence-corrected chi connectivity index (χ2v) is 5.51. The molecule has 1 fully saturated rings. The maximum atomic E-state index is 11.3. The SMILES string of the molecule is CC(C)C(=O)NCCNCC1CCCCCC1. The van der Waals surface area contributed by atoms with Crippen molar-refractivity contribution in [1.82, 2.24) is 10.6 Å². The van der Waals surface area contributed by atoms with Gasteiger partial charge in [0.1, 0.15) is 0 Å². The van der Waals surface area contributed by atoms with Crippen LogP contribution in [-0.2, 0) is 4.79 Å². The van der Waals surface area contributed by atoms with Gasteiger partial charge in [-0.1, -0.05) is 39.5 Å². The Morgan fingerprint density at radius 2 is 1.76 bits per heavy atom. The van der Waals surface area contributed by atoms with Gasteiger partial charge in [0.05, 0.1) is 0 Å². The predicted molar refractivity (Wildman–Crippen MR) is 71.9 cm³/mol. The summed E-state index contributed by atoms with van der Waals surface area (Å²) in [7, 11) is 0. The Labute approximate surface area is 106 Å². The summed E-state index contributed by atoms with van der Waals surface area (Å²) >= 11 is 0. The lowest BCUT2D eigenvalue weighted by Crippen LogP contribution is -2.35. The molecule has 3 heteroatoms. The minimum atomic E-state index is 0.0943. The summed E-state index contributed by atoms with van der Waals surface area (Å²) in [5.41, 5.74) is 0. The minimum Gasteiger partial charge on any atom is -0.355 e. The van der Waals surface area contributed by atoms with Crippen LogP contribution >= 0.6 is 0 Å². The zero-order valence-corrected chi connectivity index (χ0v) is 11.4. The number of nitrogens with one attached hydrogen (secondary N) is 2. The van der Waals surface area contributed by atoms with Gasteiger partial charge in [0.15, 0.2) is 0 Å². The molecule has 100 valence electrons. The summed E-state index contributed by atoms with van der Waals surface area (Å²) in [5.74, 6) is 1.11. The fraction of sp³-hybridized carbons (Fsp3) is 0.929. The Bertz CT molecular complexity index is 208. The van der Waals surface area contributed by atoms with Gasteiger partial charge >= 0.3 is 0 Å². The Hall–Kier alpha value is -0.570. The average molecular weight is 240 g/mol. The zero-order valence-electron chi connectivity index (χ0n) is 11.4. The van der Waals surface area contributed by atoms with Crippen LogP contribution in [0.5, 0.6) is 0 Å². The maximum absolute atomic E-state index is 11.3. The molecule has 1 amide bonds. The molecule has 2 N–H and O–H groups in total. The summed E-state index contributed by atoms with van der Waals surface area (Å²) in [6.45, 7) is 6.62. The highest BCUT2D eigenvalue weighted by Crippen LogP contribution is 2.21. The van der Waals surface area contributed by atoms with Gasteiger partial charge in [-0.05, 0) is 25.3 Å². The highest BCUT2D eigenvalue weighted by atomic mass is 16.1. The molecule has 0 atom stereocenters. The predicted octanol–water partition coefficient (Wildman–Crippen LogP) is 2.32. The van der Waals surface area contributed by atoms with Crippen LogP contribution in [0.25, 0.3) is 0 Å². The van der Waals surface area contributed by atoms with Crippen molar-refractivity contribution in [3.63, 3.8) is 0 Å². The molecule has 3 nitrogen and oxygen atoms in total. The van der Waals surface area contributed by atoms with E-state index < -0.39 is 0 Å². The second-order valence-electron chi connectivity index (χ2n) is 5.51. The van der Waals surface area contributed by atoms with E-state index in [2.05, 4.69) is 10.6 Å². The monoisotopic (exact) mass is 240 g/mol. The van der Waals surface area contributed by atoms with Crippen molar-refractivity contribution in [2.45, 2.75) is 52.4 Å². The van der Waals surface area contributed by atoms with Crippen LogP contribution in [0.4, 0.5) is 0 Å². The Morgan fingerprint density at radius 3 is 2.35 bits per heavy atom. The summed E-state index contributed by atoms with van der Waals surface area (Å²) in [6.07, 6.45) is 8.39. The van der Waals surface area contributed by atoms with Crippen molar-refractivity contribution in [1.29, 1.82) is 0 Å². The molecule has 1 saturated carbocycles. The van der Waals surface area contributed by atoms with E-state index in [-0.39, 0.29) is 11.8 Å². The molecule has 0 aliphatic heterocycles. The van der Waals surface area contributed by atoms with Crippen LogP contribution in [0.3, 0.4) is 0 Å². The van der Waals surface area contributed by atoms with E-state index in [4.69, 9.17) is 0 Å². The van der Waals surface area contributed by atoms with Crippen molar-refractivity contribution in [2.24, 2.45) is 11.8 Å². The van der Waals surface area contributed by atoms with Crippen molar-refractivity contribution < 1.29 is 4.79 Å². The molecule has 0 aromatic rings. The molecule has 0 aromatic carbocycles. The number of hydrogen-bond donors (Lipinski definition) is 2. The summed E-state index contributed by atoms with van der Waals surface area (Å²) in [6, 6.07) is 0.